The average Bonchev–Trinajstić information content (AvgIpc) is 3.25. The van der Waals surface area contributed by atoms with Crippen molar-refractivity contribution >= 4 is 40.7 Å². The number of hydrogen-bond donors (Lipinski definition) is 2. The molecular formula is C27H26ClN3O4. The summed E-state index contributed by atoms with van der Waals surface area (Å²) >= 11 is 6.23. The summed E-state index contributed by atoms with van der Waals surface area (Å²) < 4.78 is 5.44. The molecule has 3 aromatic rings. The van der Waals surface area contributed by atoms with Crippen LogP contribution in [0.2, 0.25) is 5.02 Å². The summed E-state index contributed by atoms with van der Waals surface area (Å²) in [6.45, 7) is 3.06. The van der Waals surface area contributed by atoms with Gasteiger partial charge in [0.05, 0.1) is 34.5 Å². The number of para-hydroxylation sites is 2. The van der Waals surface area contributed by atoms with E-state index >= 15 is 0 Å². The molecule has 35 heavy (non-hydrogen) atoms. The van der Waals surface area contributed by atoms with Gasteiger partial charge in [0, 0.05) is 19.5 Å². The molecule has 180 valence electrons. The summed E-state index contributed by atoms with van der Waals surface area (Å²) in [5.74, 6) is -0.581. The van der Waals surface area contributed by atoms with Gasteiger partial charge in [-0.05, 0) is 48.9 Å². The number of nitrogens with zero attached hydrogens (tertiary/aromatic N) is 1. The molecule has 7 nitrogen and oxygen atoms in total. The van der Waals surface area contributed by atoms with E-state index in [-0.39, 0.29) is 30.7 Å². The molecule has 0 saturated carbocycles. The number of amides is 3. The number of benzene rings is 3. The smallest absolute Gasteiger partial charge is 0.253 e. The lowest BCUT2D eigenvalue weighted by molar-refractivity contribution is -0.122. The minimum Gasteiger partial charge on any atom is -0.494 e. The molecule has 0 spiro atoms. The van der Waals surface area contributed by atoms with Crippen LogP contribution >= 0.6 is 11.6 Å². The highest BCUT2D eigenvalue weighted by molar-refractivity contribution is 6.34. The molecule has 1 heterocycles. The number of anilines is 2. The molecule has 1 saturated heterocycles. The number of rotatable bonds is 8. The summed E-state index contributed by atoms with van der Waals surface area (Å²) in [5.41, 5.74) is 2.25. The van der Waals surface area contributed by atoms with E-state index < -0.39 is 5.92 Å². The third-order valence-corrected chi connectivity index (χ3v) is 6.08. The predicted octanol–water partition coefficient (Wildman–Crippen LogP) is 4.66. The van der Waals surface area contributed by atoms with Crippen molar-refractivity contribution in [3.63, 3.8) is 0 Å². The quantitative estimate of drug-likeness (QED) is 0.479. The van der Waals surface area contributed by atoms with Gasteiger partial charge in [0.15, 0.2) is 0 Å². The van der Waals surface area contributed by atoms with Gasteiger partial charge in [-0.15, -0.1) is 0 Å². The van der Waals surface area contributed by atoms with Crippen molar-refractivity contribution in [1.29, 1.82) is 0 Å². The van der Waals surface area contributed by atoms with E-state index in [1.165, 1.54) is 4.90 Å². The fourth-order valence-corrected chi connectivity index (χ4v) is 4.20. The standard InChI is InChI=1S/C27H26ClN3O4/c1-2-35-20-13-11-18(12-14-20)16-29-27(34)21-7-3-5-9-23(21)30-26(33)19-15-25(32)31(17-19)24-10-6-4-8-22(24)28/h3-14,19H,2,15-17H2,1H3,(H,29,34)(H,30,33)/t19-/m0/s1. The SMILES string of the molecule is CCOc1ccc(CNC(=O)c2ccccc2NC(=O)[C@H]2CC(=O)N(c3ccccc3Cl)C2)cc1. The average molecular weight is 492 g/mol. The topological polar surface area (TPSA) is 87.7 Å². The van der Waals surface area contributed by atoms with Crippen molar-refractivity contribution in [2.45, 2.75) is 19.9 Å². The second-order valence-corrected chi connectivity index (χ2v) is 8.56. The zero-order chi connectivity index (χ0) is 24.8. The Morgan fingerprint density at radius 1 is 1.03 bits per heavy atom. The van der Waals surface area contributed by atoms with Gasteiger partial charge >= 0.3 is 0 Å². The summed E-state index contributed by atoms with van der Waals surface area (Å²) in [6, 6.07) is 21.3. The van der Waals surface area contributed by atoms with E-state index in [0.29, 0.717) is 35.1 Å². The molecule has 3 aromatic carbocycles. The third kappa shape index (κ3) is 5.81. The van der Waals surface area contributed by atoms with Crippen LogP contribution in [0.25, 0.3) is 0 Å². The maximum Gasteiger partial charge on any atom is 0.253 e. The molecule has 2 N–H and O–H groups in total. The Hall–Kier alpha value is -3.84. The first-order valence-electron chi connectivity index (χ1n) is 11.4. The van der Waals surface area contributed by atoms with Gasteiger partial charge in [0.1, 0.15) is 5.75 Å². The van der Waals surface area contributed by atoms with Crippen molar-refractivity contribution in [2.75, 3.05) is 23.4 Å². The number of hydrogen-bond acceptors (Lipinski definition) is 4. The fourth-order valence-electron chi connectivity index (χ4n) is 3.96. The van der Waals surface area contributed by atoms with Crippen LogP contribution in [0, 0.1) is 5.92 Å². The van der Waals surface area contributed by atoms with Crippen molar-refractivity contribution < 1.29 is 19.1 Å². The molecule has 0 unspecified atom stereocenters. The van der Waals surface area contributed by atoms with Crippen LogP contribution in [0.15, 0.2) is 72.8 Å². The third-order valence-electron chi connectivity index (χ3n) is 5.76. The van der Waals surface area contributed by atoms with Gasteiger partial charge in [-0.2, -0.15) is 0 Å². The first-order chi connectivity index (χ1) is 17.0. The van der Waals surface area contributed by atoms with Crippen molar-refractivity contribution in [3.05, 3.63) is 88.9 Å². The van der Waals surface area contributed by atoms with Gasteiger partial charge < -0.3 is 20.3 Å². The van der Waals surface area contributed by atoms with Crippen LogP contribution in [0.4, 0.5) is 11.4 Å². The number of nitrogens with one attached hydrogen (secondary N) is 2. The zero-order valence-electron chi connectivity index (χ0n) is 19.3. The normalized spacial score (nSPS) is 15.1. The molecule has 0 radical (unpaired) electrons. The second-order valence-electron chi connectivity index (χ2n) is 8.15. The van der Waals surface area contributed by atoms with Gasteiger partial charge in [-0.25, -0.2) is 0 Å². The van der Waals surface area contributed by atoms with Crippen LogP contribution in [0.5, 0.6) is 5.75 Å². The van der Waals surface area contributed by atoms with Crippen LogP contribution in [0.3, 0.4) is 0 Å². The minimum absolute atomic E-state index is 0.0726. The number of ether oxygens (including phenoxy) is 1. The highest BCUT2D eigenvalue weighted by atomic mass is 35.5. The van der Waals surface area contributed by atoms with Gasteiger partial charge in [-0.3, -0.25) is 14.4 Å². The Kier molecular flexibility index (Phi) is 7.67. The summed E-state index contributed by atoms with van der Waals surface area (Å²) in [5, 5.41) is 6.17. The highest BCUT2D eigenvalue weighted by Gasteiger charge is 2.36. The van der Waals surface area contributed by atoms with Crippen molar-refractivity contribution in [1.82, 2.24) is 5.32 Å². The first kappa shape index (κ1) is 24.3. The first-order valence-corrected chi connectivity index (χ1v) is 11.8. The Bertz CT molecular complexity index is 1230. The molecular weight excluding hydrogens is 466 g/mol. The Balaban J connectivity index is 1.40. The molecule has 1 fully saturated rings. The summed E-state index contributed by atoms with van der Waals surface area (Å²) in [6.07, 6.45) is 0.0726. The van der Waals surface area contributed by atoms with Crippen molar-refractivity contribution in [2.24, 2.45) is 5.92 Å². The Morgan fingerprint density at radius 2 is 1.74 bits per heavy atom. The second kappa shape index (κ2) is 11.1. The van der Waals surface area contributed by atoms with Gasteiger partial charge in [0.2, 0.25) is 11.8 Å². The number of halogens is 1. The van der Waals surface area contributed by atoms with E-state index in [9.17, 15) is 14.4 Å². The lowest BCUT2D eigenvalue weighted by atomic mass is 10.1. The molecule has 1 atom stereocenters. The Labute approximate surface area is 209 Å². The molecule has 0 aromatic heterocycles. The van der Waals surface area contributed by atoms with Crippen LogP contribution in [-0.2, 0) is 16.1 Å². The fraction of sp³-hybridized carbons (Fsp3) is 0.222. The lowest BCUT2D eigenvalue weighted by Gasteiger charge is -2.18. The molecule has 0 aliphatic carbocycles. The van der Waals surface area contributed by atoms with Crippen LogP contribution in [-0.4, -0.2) is 30.9 Å². The van der Waals surface area contributed by atoms with Crippen LogP contribution < -0.4 is 20.3 Å². The van der Waals surface area contributed by atoms with Gasteiger partial charge in [0.25, 0.3) is 5.91 Å². The van der Waals surface area contributed by atoms with E-state index in [1.54, 1.807) is 48.5 Å². The molecule has 4 rings (SSSR count). The molecule has 3 amide bonds. The van der Waals surface area contributed by atoms with Gasteiger partial charge in [-0.1, -0.05) is 48.0 Å². The summed E-state index contributed by atoms with van der Waals surface area (Å²) in [4.78, 5) is 40.0. The molecule has 0 bridgehead atoms. The Morgan fingerprint density at radius 3 is 2.49 bits per heavy atom. The zero-order valence-corrected chi connectivity index (χ0v) is 20.0. The van der Waals surface area contributed by atoms with E-state index in [4.69, 9.17) is 16.3 Å². The van der Waals surface area contributed by atoms with E-state index in [0.717, 1.165) is 11.3 Å². The lowest BCUT2D eigenvalue weighted by Crippen LogP contribution is -2.29. The maximum atomic E-state index is 13.0. The highest BCUT2D eigenvalue weighted by Crippen LogP contribution is 2.31. The number of carbonyl (C=O) groups is 3. The largest absolute Gasteiger partial charge is 0.494 e. The van der Waals surface area contributed by atoms with Crippen LogP contribution in [0.1, 0.15) is 29.3 Å². The molecule has 8 heteroatoms. The number of carbonyl (C=O) groups excluding carboxylic acids is 3. The molecule has 1 aliphatic heterocycles. The minimum atomic E-state index is -0.557. The predicted molar refractivity (Wildman–Crippen MR) is 136 cm³/mol. The maximum absolute atomic E-state index is 13.0. The molecule has 1 aliphatic rings. The van der Waals surface area contributed by atoms with Crippen molar-refractivity contribution in [3.8, 4) is 5.75 Å². The van der Waals surface area contributed by atoms with E-state index in [1.807, 2.05) is 31.2 Å². The monoisotopic (exact) mass is 491 g/mol. The van der Waals surface area contributed by atoms with E-state index in [2.05, 4.69) is 10.6 Å². The summed E-state index contributed by atoms with van der Waals surface area (Å²) in [7, 11) is 0.